The summed E-state index contributed by atoms with van der Waals surface area (Å²) in [6, 6.07) is 0.656. The Bertz CT molecular complexity index is 196. The van der Waals surface area contributed by atoms with Crippen molar-refractivity contribution >= 4 is 0 Å². The zero-order valence-corrected chi connectivity index (χ0v) is 9.45. The number of rotatable bonds is 1. The van der Waals surface area contributed by atoms with E-state index < -0.39 is 0 Å². The van der Waals surface area contributed by atoms with Crippen molar-refractivity contribution in [1.29, 1.82) is 0 Å². The molecule has 0 aromatic rings. The van der Waals surface area contributed by atoms with Crippen molar-refractivity contribution in [1.82, 2.24) is 4.90 Å². The summed E-state index contributed by atoms with van der Waals surface area (Å²) < 4.78 is 11.0. The molecule has 14 heavy (non-hydrogen) atoms. The van der Waals surface area contributed by atoms with E-state index in [0.29, 0.717) is 12.1 Å². The van der Waals surface area contributed by atoms with Gasteiger partial charge < -0.3 is 9.47 Å². The van der Waals surface area contributed by atoms with Crippen LogP contribution in [0.15, 0.2) is 0 Å². The van der Waals surface area contributed by atoms with E-state index in [9.17, 15) is 0 Å². The molecule has 0 spiro atoms. The zero-order chi connectivity index (χ0) is 10.2. The molecule has 0 bridgehead atoms. The number of hydrogen-bond donors (Lipinski definition) is 0. The lowest BCUT2D eigenvalue weighted by Crippen LogP contribution is -2.57. The maximum absolute atomic E-state index is 5.81. The summed E-state index contributed by atoms with van der Waals surface area (Å²) in [5.41, 5.74) is 0.253. The van der Waals surface area contributed by atoms with E-state index in [2.05, 4.69) is 25.7 Å². The molecule has 1 unspecified atom stereocenters. The Morgan fingerprint density at radius 2 is 1.93 bits per heavy atom. The fourth-order valence-corrected chi connectivity index (χ4v) is 1.96. The number of hydrogen-bond acceptors (Lipinski definition) is 3. The van der Waals surface area contributed by atoms with E-state index >= 15 is 0 Å². The molecule has 3 nitrogen and oxygen atoms in total. The Hall–Kier alpha value is -0.120. The van der Waals surface area contributed by atoms with Crippen molar-refractivity contribution in [2.45, 2.75) is 32.9 Å². The topological polar surface area (TPSA) is 21.7 Å². The van der Waals surface area contributed by atoms with Crippen LogP contribution in [-0.4, -0.2) is 50.0 Å². The van der Waals surface area contributed by atoms with Crippen LogP contribution in [0.5, 0.6) is 0 Å². The first kappa shape index (κ1) is 10.4. The van der Waals surface area contributed by atoms with E-state index in [1.54, 1.807) is 0 Å². The molecule has 2 fully saturated rings. The molecule has 0 radical (unpaired) electrons. The molecule has 2 rings (SSSR count). The van der Waals surface area contributed by atoms with Crippen molar-refractivity contribution in [2.75, 3.05) is 32.9 Å². The molecule has 2 heterocycles. The molecule has 2 aliphatic rings. The standard InChI is InChI=1S/C11H21NO2/c1-11(2,3)10-6-12(4-5-14-10)9-7-13-8-9/h9-10H,4-8H2,1-3H3. The highest BCUT2D eigenvalue weighted by Gasteiger charge is 2.35. The molecule has 2 saturated heterocycles. The summed E-state index contributed by atoms with van der Waals surface area (Å²) in [4.78, 5) is 2.52. The molecule has 0 aliphatic carbocycles. The van der Waals surface area contributed by atoms with Crippen LogP contribution in [0.4, 0.5) is 0 Å². The van der Waals surface area contributed by atoms with Crippen molar-refractivity contribution in [3.05, 3.63) is 0 Å². The first-order valence-corrected chi connectivity index (χ1v) is 5.51. The van der Waals surface area contributed by atoms with Gasteiger partial charge in [0.1, 0.15) is 0 Å². The van der Waals surface area contributed by atoms with Crippen LogP contribution in [-0.2, 0) is 9.47 Å². The highest BCUT2D eigenvalue weighted by atomic mass is 16.5. The number of ether oxygens (including phenoxy) is 2. The Kier molecular flexibility index (Phi) is 2.82. The summed E-state index contributed by atoms with van der Waals surface area (Å²) >= 11 is 0. The van der Waals surface area contributed by atoms with Gasteiger partial charge in [0.05, 0.1) is 32.0 Å². The third-order valence-electron chi connectivity index (χ3n) is 3.20. The van der Waals surface area contributed by atoms with Crippen LogP contribution in [0.3, 0.4) is 0 Å². The van der Waals surface area contributed by atoms with Gasteiger partial charge in [0.15, 0.2) is 0 Å². The molecule has 0 aromatic carbocycles. The Balaban J connectivity index is 1.90. The maximum atomic E-state index is 5.81. The summed E-state index contributed by atoms with van der Waals surface area (Å²) in [5.74, 6) is 0. The van der Waals surface area contributed by atoms with Gasteiger partial charge in [-0.25, -0.2) is 0 Å². The van der Waals surface area contributed by atoms with Crippen LogP contribution in [0, 0.1) is 5.41 Å². The van der Waals surface area contributed by atoms with E-state index in [0.717, 1.165) is 32.9 Å². The molecular formula is C11H21NO2. The Labute approximate surface area is 86.4 Å². The third kappa shape index (κ3) is 2.10. The monoisotopic (exact) mass is 199 g/mol. The second-order valence-electron chi connectivity index (χ2n) is 5.41. The molecule has 0 saturated carbocycles. The predicted molar refractivity (Wildman–Crippen MR) is 55.4 cm³/mol. The summed E-state index contributed by atoms with van der Waals surface area (Å²) in [6.45, 7) is 11.6. The maximum Gasteiger partial charge on any atom is 0.0750 e. The van der Waals surface area contributed by atoms with Crippen LogP contribution in [0.2, 0.25) is 0 Å². The molecule has 3 heteroatoms. The first-order valence-electron chi connectivity index (χ1n) is 5.51. The summed E-state index contributed by atoms with van der Waals surface area (Å²) in [7, 11) is 0. The Morgan fingerprint density at radius 1 is 1.21 bits per heavy atom. The van der Waals surface area contributed by atoms with Crippen LogP contribution in [0.1, 0.15) is 20.8 Å². The van der Waals surface area contributed by atoms with E-state index in [1.165, 1.54) is 0 Å². The first-order chi connectivity index (χ1) is 6.57. The number of nitrogens with zero attached hydrogens (tertiary/aromatic N) is 1. The van der Waals surface area contributed by atoms with Crippen molar-refractivity contribution < 1.29 is 9.47 Å². The van der Waals surface area contributed by atoms with Crippen LogP contribution in [0.25, 0.3) is 0 Å². The van der Waals surface area contributed by atoms with Gasteiger partial charge in [-0.2, -0.15) is 0 Å². The van der Waals surface area contributed by atoms with Gasteiger partial charge >= 0.3 is 0 Å². The van der Waals surface area contributed by atoms with Gasteiger partial charge in [0, 0.05) is 13.1 Å². The second kappa shape index (κ2) is 3.80. The lowest BCUT2D eigenvalue weighted by atomic mass is 9.87. The van der Waals surface area contributed by atoms with Gasteiger partial charge in [-0.1, -0.05) is 20.8 Å². The molecular weight excluding hydrogens is 178 g/mol. The minimum atomic E-state index is 0.253. The SMILES string of the molecule is CC(C)(C)C1CN(C2COC2)CCO1. The van der Waals surface area contributed by atoms with E-state index in [-0.39, 0.29) is 5.41 Å². The number of morpholine rings is 1. The largest absolute Gasteiger partial charge is 0.378 e. The minimum Gasteiger partial charge on any atom is -0.378 e. The molecule has 0 aromatic heterocycles. The fourth-order valence-electron chi connectivity index (χ4n) is 1.96. The van der Waals surface area contributed by atoms with Gasteiger partial charge in [-0.05, 0) is 5.41 Å². The zero-order valence-electron chi connectivity index (χ0n) is 9.45. The summed E-state index contributed by atoms with van der Waals surface area (Å²) in [6.07, 6.45) is 0.372. The smallest absolute Gasteiger partial charge is 0.0750 e. The lowest BCUT2D eigenvalue weighted by Gasteiger charge is -2.45. The highest BCUT2D eigenvalue weighted by Crippen LogP contribution is 2.27. The second-order valence-corrected chi connectivity index (χ2v) is 5.41. The van der Waals surface area contributed by atoms with Crippen LogP contribution < -0.4 is 0 Å². The Morgan fingerprint density at radius 3 is 2.43 bits per heavy atom. The molecule has 0 N–H and O–H groups in total. The van der Waals surface area contributed by atoms with Gasteiger partial charge in [-0.15, -0.1) is 0 Å². The quantitative estimate of drug-likeness (QED) is 0.632. The van der Waals surface area contributed by atoms with Gasteiger partial charge in [0.2, 0.25) is 0 Å². The van der Waals surface area contributed by atoms with Crippen molar-refractivity contribution in [2.24, 2.45) is 5.41 Å². The highest BCUT2D eigenvalue weighted by molar-refractivity contribution is 4.86. The summed E-state index contributed by atoms with van der Waals surface area (Å²) in [5, 5.41) is 0. The van der Waals surface area contributed by atoms with Crippen molar-refractivity contribution in [3.63, 3.8) is 0 Å². The van der Waals surface area contributed by atoms with E-state index in [1.807, 2.05) is 0 Å². The lowest BCUT2D eigenvalue weighted by molar-refractivity contribution is -0.135. The van der Waals surface area contributed by atoms with Gasteiger partial charge in [0.25, 0.3) is 0 Å². The molecule has 0 amide bonds. The average molecular weight is 199 g/mol. The predicted octanol–water partition coefficient (Wildman–Crippen LogP) is 1.13. The molecule has 1 atom stereocenters. The molecule has 2 aliphatic heterocycles. The van der Waals surface area contributed by atoms with Crippen molar-refractivity contribution in [3.8, 4) is 0 Å². The third-order valence-corrected chi connectivity index (χ3v) is 3.20. The van der Waals surface area contributed by atoms with E-state index in [4.69, 9.17) is 9.47 Å². The fraction of sp³-hybridized carbons (Fsp3) is 1.00. The average Bonchev–Trinajstić information content (AvgIpc) is 2.00. The van der Waals surface area contributed by atoms with Crippen LogP contribution >= 0.6 is 0 Å². The normalized spacial score (nSPS) is 31.5. The van der Waals surface area contributed by atoms with Gasteiger partial charge in [-0.3, -0.25) is 4.90 Å². The minimum absolute atomic E-state index is 0.253. The molecule has 82 valence electrons.